The van der Waals surface area contributed by atoms with Crippen LogP contribution in [0.5, 0.6) is 0 Å². The zero-order valence-corrected chi connectivity index (χ0v) is 14.3. The van der Waals surface area contributed by atoms with Crippen molar-refractivity contribution in [3.63, 3.8) is 0 Å². The Bertz CT molecular complexity index is 797. The fraction of sp³-hybridized carbons (Fsp3) is 0.312. The van der Waals surface area contributed by atoms with Crippen LogP contribution in [0.1, 0.15) is 32.3 Å². The van der Waals surface area contributed by atoms with Crippen LogP contribution >= 0.6 is 0 Å². The van der Waals surface area contributed by atoms with Gasteiger partial charge in [-0.2, -0.15) is 0 Å². The monoisotopic (exact) mass is 350 g/mol. The molecule has 1 heterocycles. The van der Waals surface area contributed by atoms with Gasteiger partial charge in [0.05, 0.1) is 27.2 Å². The van der Waals surface area contributed by atoms with Crippen molar-refractivity contribution in [3.05, 3.63) is 61.8 Å². The van der Waals surface area contributed by atoms with E-state index < -0.39 is 27.6 Å². The number of rotatable bonds is 5. The van der Waals surface area contributed by atoms with Gasteiger partial charge < -0.3 is 10.4 Å². The summed E-state index contributed by atoms with van der Waals surface area (Å²) in [7, 11) is -1.39. The molecule has 0 fully saturated rings. The van der Waals surface area contributed by atoms with Crippen molar-refractivity contribution in [1.82, 2.24) is 5.32 Å². The lowest BCUT2D eigenvalue weighted by molar-refractivity contribution is -0.384. The Hall–Kier alpha value is -2.48. The molecule has 0 bridgehead atoms. The third-order valence-corrected chi connectivity index (χ3v) is 5.41. The smallest absolute Gasteiger partial charge is 0.334 e. The molecule has 128 valence electrons. The van der Waals surface area contributed by atoms with Gasteiger partial charge in [0, 0.05) is 34.2 Å². The number of allylic oxidation sites excluding steroid dienone is 3. The molecular formula is C16H18N2O5S. The van der Waals surface area contributed by atoms with E-state index >= 15 is 0 Å². The molecule has 0 saturated heterocycles. The molecule has 1 aromatic rings. The summed E-state index contributed by atoms with van der Waals surface area (Å²) in [5, 5.41) is 23.6. The van der Waals surface area contributed by atoms with Crippen molar-refractivity contribution < 1.29 is 19.0 Å². The standard InChI is InChI=1S/C16H18N2O5S/c1-4-24(23)15-10(3)17-9(2)13(16(19)20)14(15)11-6-5-7-12(8-11)18(21)22/h5-8,14,17H,4H2,1-3H3,(H,19,20). The van der Waals surface area contributed by atoms with Crippen LogP contribution in [0.4, 0.5) is 5.69 Å². The van der Waals surface area contributed by atoms with Crippen molar-refractivity contribution in [2.24, 2.45) is 0 Å². The topological polar surface area (TPSA) is 110 Å². The number of dihydropyridines is 1. The fourth-order valence-corrected chi connectivity index (χ4v) is 4.07. The number of non-ortho nitro benzene ring substituents is 1. The zero-order chi connectivity index (χ0) is 18.0. The second-order valence-corrected chi connectivity index (χ2v) is 7.09. The van der Waals surface area contributed by atoms with Gasteiger partial charge in [-0.1, -0.05) is 19.1 Å². The highest BCUT2D eigenvalue weighted by molar-refractivity contribution is 7.89. The molecule has 8 heteroatoms. The highest BCUT2D eigenvalue weighted by Gasteiger charge is 2.35. The molecule has 0 aliphatic carbocycles. The molecular weight excluding hydrogens is 332 g/mol. The SMILES string of the molecule is CCS(=O)C1=C(C)NC(C)=C(C(=O)O)C1c1cccc([N+](=O)[O-])c1. The number of benzene rings is 1. The summed E-state index contributed by atoms with van der Waals surface area (Å²) >= 11 is 0. The van der Waals surface area contributed by atoms with Gasteiger partial charge >= 0.3 is 5.97 Å². The maximum atomic E-state index is 12.5. The van der Waals surface area contributed by atoms with Gasteiger partial charge in [0.1, 0.15) is 0 Å². The van der Waals surface area contributed by atoms with Crippen molar-refractivity contribution >= 4 is 22.5 Å². The minimum Gasteiger partial charge on any atom is -0.478 e. The number of carboxylic acid groups (broad SMARTS) is 1. The van der Waals surface area contributed by atoms with Gasteiger partial charge in [-0.15, -0.1) is 0 Å². The van der Waals surface area contributed by atoms with Crippen molar-refractivity contribution in [2.45, 2.75) is 26.7 Å². The normalized spacial score (nSPS) is 19.0. The first-order valence-electron chi connectivity index (χ1n) is 7.32. The lowest BCUT2D eigenvalue weighted by Crippen LogP contribution is -2.30. The van der Waals surface area contributed by atoms with Crippen LogP contribution in [0.2, 0.25) is 0 Å². The van der Waals surface area contributed by atoms with Crippen molar-refractivity contribution in [1.29, 1.82) is 0 Å². The van der Waals surface area contributed by atoms with Crippen molar-refractivity contribution in [2.75, 3.05) is 5.75 Å². The molecule has 1 aliphatic rings. The predicted octanol–water partition coefficient (Wildman–Crippen LogP) is 2.64. The Morgan fingerprint density at radius 1 is 1.38 bits per heavy atom. The van der Waals surface area contributed by atoms with E-state index in [1.807, 2.05) is 0 Å². The summed E-state index contributed by atoms with van der Waals surface area (Å²) < 4.78 is 12.5. The molecule has 0 saturated carbocycles. The molecule has 2 N–H and O–H groups in total. The van der Waals surface area contributed by atoms with Gasteiger partial charge in [-0.05, 0) is 19.4 Å². The van der Waals surface area contributed by atoms with E-state index in [9.17, 15) is 24.2 Å². The summed E-state index contributed by atoms with van der Waals surface area (Å²) in [5.41, 5.74) is 1.42. The molecule has 2 rings (SSSR count). The van der Waals surface area contributed by atoms with Crippen molar-refractivity contribution in [3.8, 4) is 0 Å². The summed E-state index contributed by atoms with van der Waals surface area (Å²) in [6.07, 6.45) is 0. The van der Waals surface area contributed by atoms with Crippen LogP contribution < -0.4 is 5.32 Å². The Balaban J connectivity index is 2.72. The number of hydrogen-bond donors (Lipinski definition) is 2. The van der Waals surface area contributed by atoms with E-state index in [-0.39, 0.29) is 11.3 Å². The third kappa shape index (κ3) is 3.23. The van der Waals surface area contributed by atoms with Crippen LogP contribution in [0.3, 0.4) is 0 Å². The van der Waals surface area contributed by atoms with Gasteiger partial charge in [-0.3, -0.25) is 14.3 Å². The van der Waals surface area contributed by atoms with Crippen LogP contribution in [-0.4, -0.2) is 26.0 Å². The summed E-state index contributed by atoms with van der Waals surface area (Å²) in [6.45, 7) is 5.10. The van der Waals surface area contributed by atoms with Crippen LogP contribution in [0.15, 0.2) is 46.1 Å². The second kappa shape index (κ2) is 6.96. The number of carboxylic acids is 1. The molecule has 0 amide bonds. The van der Waals surface area contributed by atoms with E-state index in [0.29, 0.717) is 27.6 Å². The second-order valence-electron chi connectivity index (χ2n) is 5.38. The van der Waals surface area contributed by atoms with E-state index in [2.05, 4.69) is 5.32 Å². The Morgan fingerprint density at radius 3 is 2.58 bits per heavy atom. The van der Waals surface area contributed by atoms with Gasteiger partial charge in [0.15, 0.2) is 0 Å². The average Bonchev–Trinajstić information content (AvgIpc) is 2.53. The van der Waals surface area contributed by atoms with Gasteiger partial charge in [0.2, 0.25) is 0 Å². The molecule has 0 radical (unpaired) electrons. The first-order valence-corrected chi connectivity index (χ1v) is 8.64. The fourth-order valence-electron chi connectivity index (χ4n) is 2.85. The molecule has 1 aliphatic heterocycles. The average molecular weight is 350 g/mol. The maximum Gasteiger partial charge on any atom is 0.334 e. The van der Waals surface area contributed by atoms with E-state index in [4.69, 9.17) is 0 Å². The van der Waals surface area contributed by atoms with E-state index in [1.54, 1.807) is 26.8 Å². The van der Waals surface area contributed by atoms with Crippen LogP contribution in [-0.2, 0) is 15.6 Å². The maximum absolute atomic E-state index is 12.5. The largest absolute Gasteiger partial charge is 0.478 e. The number of nitro groups is 1. The minimum absolute atomic E-state index is 0.0536. The van der Waals surface area contributed by atoms with Crippen LogP contribution in [0.25, 0.3) is 0 Å². The molecule has 24 heavy (non-hydrogen) atoms. The number of carbonyl (C=O) groups is 1. The zero-order valence-electron chi connectivity index (χ0n) is 13.5. The lowest BCUT2D eigenvalue weighted by Gasteiger charge is -2.30. The summed E-state index contributed by atoms with van der Waals surface area (Å²) in [5.74, 6) is -1.61. The first kappa shape index (κ1) is 17.9. The molecule has 7 nitrogen and oxygen atoms in total. The van der Waals surface area contributed by atoms with E-state index in [0.717, 1.165) is 0 Å². The highest BCUT2D eigenvalue weighted by atomic mass is 32.2. The number of nitrogens with one attached hydrogen (secondary N) is 1. The number of nitrogens with zero attached hydrogens (tertiary/aromatic N) is 1. The predicted molar refractivity (Wildman–Crippen MR) is 90.7 cm³/mol. The quantitative estimate of drug-likeness (QED) is 0.624. The number of hydrogen-bond acceptors (Lipinski definition) is 5. The Morgan fingerprint density at radius 2 is 2.04 bits per heavy atom. The van der Waals surface area contributed by atoms with Gasteiger partial charge in [-0.25, -0.2) is 4.79 Å². The van der Waals surface area contributed by atoms with E-state index in [1.165, 1.54) is 18.2 Å². The number of aliphatic carboxylic acids is 1. The van der Waals surface area contributed by atoms with Crippen LogP contribution in [0, 0.1) is 10.1 Å². The first-order chi connectivity index (χ1) is 11.3. The molecule has 0 spiro atoms. The summed E-state index contributed by atoms with van der Waals surface area (Å²) in [6, 6.07) is 5.81. The number of nitro benzene ring substituents is 1. The molecule has 2 atom stereocenters. The Labute approximate surface area is 141 Å². The highest BCUT2D eigenvalue weighted by Crippen LogP contribution is 2.40. The molecule has 1 aromatic carbocycles. The molecule has 2 unspecified atom stereocenters. The Kier molecular flexibility index (Phi) is 5.18. The van der Waals surface area contributed by atoms with Gasteiger partial charge in [0.25, 0.3) is 5.69 Å². The third-order valence-electron chi connectivity index (χ3n) is 3.85. The lowest BCUT2D eigenvalue weighted by atomic mass is 9.86. The summed E-state index contributed by atoms with van der Waals surface area (Å²) in [4.78, 5) is 22.7. The minimum atomic E-state index is -1.39. The molecule has 0 aromatic heterocycles.